The Bertz CT molecular complexity index is 2130. The summed E-state index contributed by atoms with van der Waals surface area (Å²) in [4.78, 5) is 9.11. The fourth-order valence-corrected chi connectivity index (χ4v) is 9.25. The van der Waals surface area contributed by atoms with Crippen LogP contribution in [-0.2, 0) is 20.1 Å². The molecule has 3 heterocycles. The predicted molar refractivity (Wildman–Crippen MR) is 192 cm³/mol. The minimum Gasteiger partial charge on any atom is -0.500 e. The van der Waals surface area contributed by atoms with Gasteiger partial charge in [-0.3, -0.25) is 0 Å². The molecule has 46 heavy (non-hydrogen) atoms. The van der Waals surface area contributed by atoms with E-state index < -0.39 is 19.2 Å². The van der Waals surface area contributed by atoms with Gasteiger partial charge in [0.15, 0.2) is 0 Å². The fourth-order valence-electron chi connectivity index (χ4n) is 5.67. The number of para-hydroxylation sites is 1. The Hall–Kier alpha value is -3.83. The second kappa shape index (κ2) is 14.3. The number of rotatable bonds is 5. The minimum absolute atomic E-state index is 0. The van der Waals surface area contributed by atoms with Crippen LogP contribution in [0, 0.1) is 19.1 Å². The van der Waals surface area contributed by atoms with Crippen molar-refractivity contribution in [2.24, 2.45) is 0 Å². The molecule has 0 atom stereocenters. The summed E-state index contributed by atoms with van der Waals surface area (Å²) >= 11 is -1.77. The third-order valence-corrected chi connectivity index (χ3v) is 12.5. The maximum Gasteiger partial charge on any atom is 0.128 e. The molecule has 0 spiro atoms. The molecular formula is C41H38GeIrN2O-2. The zero-order valence-electron chi connectivity index (χ0n) is 28.1. The number of furan rings is 1. The summed E-state index contributed by atoms with van der Waals surface area (Å²) < 4.78 is 16.0. The van der Waals surface area contributed by atoms with Gasteiger partial charge in [0.2, 0.25) is 0 Å². The first kappa shape index (κ1) is 32.1. The van der Waals surface area contributed by atoms with Gasteiger partial charge in [-0.15, -0.1) is 23.8 Å². The molecule has 0 unspecified atom stereocenters. The minimum atomic E-state index is -1.77. The zero-order valence-corrected chi connectivity index (χ0v) is 31.6. The summed E-state index contributed by atoms with van der Waals surface area (Å²) in [6, 6.07) is 41.1. The van der Waals surface area contributed by atoms with Crippen LogP contribution in [0.4, 0.5) is 0 Å². The molecule has 7 aromatic rings. The maximum atomic E-state index is 8.30. The number of hydrogen-bond donors (Lipinski definition) is 0. The molecule has 0 saturated carbocycles. The summed E-state index contributed by atoms with van der Waals surface area (Å²) in [6.07, 6.45) is 3.84. The van der Waals surface area contributed by atoms with Gasteiger partial charge in [-0.1, -0.05) is 79.4 Å². The Morgan fingerprint density at radius 1 is 0.783 bits per heavy atom. The van der Waals surface area contributed by atoms with Gasteiger partial charge in [-0.2, -0.15) is 0 Å². The van der Waals surface area contributed by atoms with E-state index >= 15 is 0 Å². The molecule has 0 aliphatic heterocycles. The summed E-state index contributed by atoms with van der Waals surface area (Å²) in [5, 5.41) is 2.12. The number of aromatic nitrogens is 2. The van der Waals surface area contributed by atoms with E-state index in [1.807, 2.05) is 68.4 Å². The molecule has 0 amide bonds. The molecule has 4 aromatic carbocycles. The zero-order chi connectivity index (χ0) is 32.5. The molecule has 233 valence electrons. The standard InChI is InChI=1S/C26H20NO.C15H18GeN.Ir/c1-17(2)19-13-14-27-24(16-19)20-11-12-25-23(15-20)22-10-6-9-21(26(22)28-25)18-7-4-3-5-8-18;1-12-10-15(13-8-6-5-7-9-13)17-11-14(12)16(2,3)4;/h3-10,12-17H,1-2H3;5-8,10-11H,1-4H3;/q2*-1;/i17D;;. The molecule has 0 bridgehead atoms. The third kappa shape index (κ3) is 7.26. The van der Waals surface area contributed by atoms with Gasteiger partial charge >= 0.3 is 106 Å². The second-order valence-electron chi connectivity index (χ2n) is 12.6. The number of benzene rings is 4. The average molecular weight is 841 g/mol. The van der Waals surface area contributed by atoms with Crippen LogP contribution in [-0.4, -0.2) is 23.2 Å². The monoisotopic (exact) mass is 842 g/mol. The first-order valence-corrected chi connectivity index (χ1v) is 22.7. The number of aryl methyl sites for hydroxylation is 1. The van der Waals surface area contributed by atoms with Crippen molar-refractivity contribution < 1.29 is 25.9 Å². The SMILES string of the molecule is Cc1cc(-c2[c-]cccc2)nc[c]1[Ge]([CH3])([CH3])[CH3].[2H]C(C)(C)c1ccnc(-c2[c-]cc3oc4c(-c5ccccc5)cccc4c3c2)c1.[Ir]. The number of nitrogens with zero attached hydrogens (tertiary/aromatic N) is 2. The van der Waals surface area contributed by atoms with E-state index in [2.05, 4.69) is 101 Å². The van der Waals surface area contributed by atoms with Gasteiger partial charge in [0.1, 0.15) is 5.58 Å². The van der Waals surface area contributed by atoms with Gasteiger partial charge in [0.25, 0.3) is 0 Å². The van der Waals surface area contributed by atoms with Crippen LogP contribution in [0.25, 0.3) is 55.6 Å². The van der Waals surface area contributed by atoms with Crippen molar-refractivity contribution >= 4 is 39.6 Å². The van der Waals surface area contributed by atoms with Gasteiger partial charge in [0, 0.05) is 38.6 Å². The van der Waals surface area contributed by atoms with Gasteiger partial charge in [0.05, 0.1) is 5.58 Å². The van der Waals surface area contributed by atoms with Crippen molar-refractivity contribution in [1.29, 1.82) is 0 Å². The molecule has 0 fully saturated rings. The molecule has 0 aliphatic carbocycles. The Kier molecular flexibility index (Phi) is 9.98. The molecular weight excluding hydrogens is 801 g/mol. The second-order valence-corrected chi connectivity index (χ2v) is 23.2. The average Bonchev–Trinajstić information content (AvgIpc) is 3.43. The largest absolute Gasteiger partial charge is 0.500 e. The van der Waals surface area contributed by atoms with Crippen molar-refractivity contribution in [3.05, 3.63) is 139 Å². The Balaban J connectivity index is 0.000000207. The molecule has 0 aliphatic rings. The number of hydrogen-bond acceptors (Lipinski definition) is 3. The van der Waals surface area contributed by atoms with E-state index in [1.165, 1.54) is 9.96 Å². The van der Waals surface area contributed by atoms with Gasteiger partial charge in [-0.25, -0.2) is 0 Å². The van der Waals surface area contributed by atoms with Crippen molar-refractivity contribution in [3.63, 3.8) is 0 Å². The normalized spacial score (nSPS) is 11.8. The van der Waals surface area contributed by atoms with Crippen molar-refractivity contribution in [2.75, 3.05) is 0 Å². The molecule has 5 heteroatoms. The molecule has 7 rings (SSSR count). The van der Waals surface area contributed by atoms with E-state index in [-0.39, 0.29) is 20.1 Å². The molecule has 3 nitrogen and oxygen atoms in total. The van der Waals surface area contributed by atoms with Crippen LogP contribution < -0.4 is 4.40 Å². The van der Waals surface area contributed by atoms with Crippen LogP contribution in [0.1, 0.15) is 32.2 Å². The van der Waals surface area contributed by atoms with E-state index in [1.54, 1.807) is 6.20 Å². The van der Waals surface area contributed by atoms with Crippen LogP contribution in [0.3, 0.4) is 0 Å². The van der Waals surface area contributed by atoms with Crippen LogP contribution in [0.2, 0.25) is 17.3 Å². The van der Waals surface area contributed by atoms with Crippen LogP contribution in [0.15, 0.2) is 120 Å². The quantitative estimate of drug-likeness (QED) is 0.128. The molecule has 0 N–H and O–H groups in total. The summed E-state index contributed by atoms with van der Waals surface area (Å²) in [7, 11) is 0. The summed E-state index contributed by atoms with van der Waals surface area (Å²) in [5.41, 5.74) is 10.0. The predicted octanol–water partition coefficient (Wildman–Crippen LogP) is 10.6. The first-order valence-electron chi connectivity index (χ1n) is 15.8. The molecule has 1 radical (unpaired) electrons. The summed E-state index contributed by atoms with van der Waals surface area (Å²) in [6.45, 7) is 5.96. The molecule has 0 saturated heterocycles. The maximum absolute atomic E-state index is 8.30. The van der Waals surface area contributed by atoms with Crippen LogP contribution in [0.5, 0.6) is 0 Å². The van der Waals surface area contributed by atoms with Crippen molar-refractivity contribution in [1.82, 2.24) is 9.97 Å². The summed E-state index contributed by atoms with van der Waals surface area (Å²) in [5.74, 6) is 6.53. The topological polar surface area (TPSA) is 38.9 Å². The first-order chi connectivity index (χ1) is 22.0. The van der Waals surface area contributed by atoms with E-state index in [4.69, 9.17) is 5.79 Å². The third-order valence-electron chi connectivity index (χ3n) is 8.03. The Morgan fingerprint density at radius 3 is 2.24 bits per heavy atom. The van der Waals surface area contributed by atoms with Gasteiger partial charge in [-0.05, 0) is 23.2 Å². The van der Waals surface area contributed by atoms with Crippen molar-refractivity contribution in [2.45, 2.75) is 43.9 Å². The van der Waals surface area contributed by atoms with Gasteiger partial charge < -0.3 is 9.40 Å². The number of fused-ring (bicyclic) bond motifs is 3. The smallest absolute Gasteiger partial charge is 0.128 e. The Morgan fingerprint density at radius 2 is 1.54 bits per heavy atom. The Labute approximate surface area is 290 Å². The van der Waals surface area contributed by atoms with E-state index in [9.17, 15) is 0 Å². The molecule has 3 aromatic heterocycles. The number of pyridine rings is 2. The van der Waals surface area contributed by atoms with Crippen molar-refractivity contribution in [3.8, 4) is 33.6 Å². The van der Waals surface area contributed by atoms with E-state index in [0.717, 1.165) is 61.1 Å². The van der Waals surface area contributed by atoms with E-state index in [0.29, 0.717) is 0 Å². The fraction of sp³-hybridized carbons (Fsp3) is 0.171. The van der Waals surface area contributed by atoms with Crippen LogP contribution >= 0.6 is 0 Å².